The molecule has 5 nitrogen and oxygen atoms in total. The number of thiazole rings is 1. The van der Waals surface area contributed by atoms with Crippen molar-refractivity contribution >= 4 is 22.4 Å². The van der Waals surface area contributed by atoms with Crippen LogP contribution >= 0.6 is 11.3 Å². The number of carbonyl (C=O) groups is 1. The van der Waals surface area contributed by atoms with E-state index in [0.29, 0.717) is 6.42 Å². The SMILES string of the molecule is CN1CCCN(c2nc3c(s2)CCC3C(=O)O)CC1. The lowest BCUT2D eigenvalue weighted by Crippen LogP contribution is -2.28. The van der Waals surface area contributed by atoms with Crippen LogP contribution in [-0.4, -0.2) is 54.2 Å². The summed E-state index contributed by atoms with van der Waals surface area (Å²) >= 11 is 1.69. The maximum absolute atomic E-state index is 11.2. The third-order valence-electron chi connectivity index (χ3n) is 3.99. The van der Waals surface area contributed by atoms with Gasteiger partial charge in [-0.2, -0.15) is 0 Å². The van der Waals surface area contributed by atoms with E-state index in [1.54, 1.807) is 11.3 Å². The predicted molar refractivity (Wildman–Crippen MR) is 75.1 cm³/mol. The molecular weight excluding hydrogens is 262 g/mol. The van der Waals surface area contributed by atoms with Gasteiger partial charge in [0.05, 0.1) is 5.69 Å². The zero-order valence-corrected chi connectivity index (χ0v) is 11.9. The van der Waals surface area contributed by atoms with Crippen LogP contribution in [0.1, 0.15) is 29.3 Å². The first-order valence-electron chi connectivity index (χ1n) is 6.81. The standard InChI is InChI=1S/C13H19N3O2S/c1-15-5-2-6-16(8-7-15)13-14-11-9(12(17)18)3-4-10(11)19-13/h9H,2-8H2,1H3,(H,17,18). The zero-order valence-electron chi connectivity index (χ0n) is 11.1. The lowest BCUT2D eigenvalue weighted by atomic mass is 10.1. The minimum Gasteiger partial charge on any atom is -0.481 e. The molecule has 0 aromatic carbocycles. The van der Waals surface area contributed by atoms with Gasteiger partial charge < -0.3 is 14.9 Å². The first kappa shape index (κ1) is 12.9. The normalized spacial score (nSPS) is 24.3. The molecule has 1 aliphatic carbocycles. The van der Waals surface area contributed by atoms with E-state index >= 15 is 0 Å². The smallest absolute Gasteiger partial charge is 0.312 e. The van der Waals surface area contributed by atoms with Crippen molar-refractivity contribution in [1.82, 2.24) is 9.88 Å². The molecule has 1 fully saturated rings. The maximum atomic E-state index is 11.2. The van der Waals surface area contributed by atoms with Crippen LogP contribution in [0.15, 0.2) is 0 Å². The third-order valence-corrected chi connectivity index (χ3v) is 5.19. The second-order valence-electron chi connectivity index (χ2n) is 5.38. The van der Waals surface area contributed by atoms with Crippen LogP contribution in [0.2, 0.25) is 0 Å². The number of rotatable bonds is 2. The monoisotopic (exact) mass is 281 g/mol. The van der Waals surface area contributed by atoms with Crippen molar-refractivity contribution in [1.29, 1.82) is 0 Å². The molecule has 2 heterocycles. The van der Waals surface area contributed by atoms with E-state index in [2.05, 4.69) is 21.8 Å². The number of carboxylic acids is 1. The molecule has 0 spiro atoms. The van der Waals surface area contributed by atoms with E-state index in [4.69, 9.17) is 0 Å². The Morgan fingerprint density at radius 1 is 1.37 bits per heavy atom. The lowest BCUT2D eigenvalue weighted by Gasteiger charge is -2.19. The van der Waals surface area contributed by atoms with Gasteiger partial charge in [-0.3, -0.25) is 4.79 Å². The number of hydrogen-bond donors (Lipinski definition) is 1. The van der Waals surface area contributed by atoms with E-state index in [1.807, 2.05) is 0 Å². The van der Waals surface area contributed by atoms with Crippen LogP contribution in [0.5, 0.6) is 0 Å². The Morgan fingerprint density at radius 2 is 2.21 bits per heavy atom. The van der Waals surface area contributed by atoms with Crippen molar-refractivity contribution in [3.05, 3.63) is 10.6 Å². The number of anilines is 1. The molecule has 2 aliphatic rings. The number of aryl methyl sites for hydroxylation is 1. The maximum Gasteiger partial charge on any atom is 0.312 e. The summed E-state index contributed by atoms with van der Waals surface area (Å²) in [7, 11) is 2.14. The minimum atomic E-state index is -0.730. The lowest BCUT2D eigenvalue weighted by molar-refractivity contribution is -0.138. The van der Waals surface area contributed by atoms with Crippen molar-refractivity contribution in [2.45, 2.75) is 25.2 Å². The number of carboxylic acid groups (broad SMARTS) is 1. The average Bonchev–Trinajstić information content (AvgIpc) is 2.86. The number of nitrogens with zero attached hydrogens (tertiary/aromatic N) is 3. The molecule has 6 heteroatoms. The molecule has 104 valence electrons. The molecule has 0 saturated carbocycles. The largest absolute Gasteiger partial charge is 0.481 e. The first-order valence-corrected chi connectivity index (χ1v) is 7.62. The minimum absolute atomic E-state index is 0.380. The Morgan fingerprint density at radius 3 is 3.00 bits per heavy atom. The molecule has 3 rings (SSSR count). The second kappa shape index (κ2) is 5.09. The van der Waals surface area contributed by atoms with Gasteiger partial charge in [0, 0.05) is 24.5 Å². The van der Waals surface area contributed by atoms with Crippen LogP contribution in [0.4, 0.5) is 5.13 Å². The number of hydrogen-bond acceptors (Lipinski definition) is 5. The Bertz CT molecular complexity index is 488. The summed E-state index contributed by atoms with van der Waals surface area (Å²) in [5.41, 5.74) is 0.824. The molecule has 0 radical (unpaired) electrons. The van der Waals surface area contributed by atoms with Gasteiger partial charge in [-0.1, -0.05) is 0 Å². The summed E-state index contributed by atoms with van der Waals surface area (Å²) in [6.07, 6.45) is 2.73. The molecule has 1 atom stereocenters. The van der Waals surface area contributed by atoms with E-state index in [1.165, 1.54) is 4.88 Å². The summed E-state index contributed by atoms with van der Waals surface area (Å²) in [5.74, 6) is -1.11. The number of aliphatic carboxylic acids is 1. The highest BCUT2D eigenvalue weighted by Crippen LogP contribution is 2.39. The summed E-state index contributed by atoms with van der Waals surface area (Å²) in [4.78, 5) is 21.6. The second-order valence-corrected chi connectivity index (χ2v) is 6.44. The van der Waals surface area contributed by atoms with E-state index in [9.17, 15) is 9.90 Å². The molecule has 1 aliphatic heterocycles. The highest BCUT2D eigenvalue weighted by Gasteiger charge is 2.33. The Hall–Kier alpha value is -1.14. The Kier molecular flexibility index (Phi) is 3.45. The summed E-state index contributed by atoms with van der Waals surface area (Å²) in [5, 5.41) is 10.2. The molecule has 0 amide bonds. The van der Waals surface area contributed by atoms with E-state index < -0.39 is 5.97 Å². The number of fused-ring (bicyclic) bond motifs is 1. The summed E-state index contributed by atoms with van der Waals surface area (Å²) < 4.78 is 0. The van der Waals surface area contributed by atoms with Crippen LogP contribution in [-0.2, 0) is 11.2 Å². The van der Waals surface area contributed by atoms with Crippen molar-refractivity contribution in [2.24, 2.45) is 0 Å². The quantitative estimate of drug-likeness (QED) is 0.888. The van der Waals surface area contributed by atoms with Crippen molar-refractivity contribution in [3.63, 3.8) is 0 Å². The average molecular weight is 281 g/mol. The third kappa shape index (κ3) is 2.47. The van der Waals surface area contributed by atoms with Gasteiger partial charge in [-0.25, -0.2) is 4.98 Å². The van der Waals surface area contributed by atoms with Gasteiger partial charge in [0.2, 0.25) is 0 Å². The fourth-order valence-electron chi connectivity index (χ4n) is 2.83. The van der Waals surface area contributed by atoms with E-state index in [0.717, 1.165) is 49.8 Å². The van der Waals surface area contributed by atoms with Crippen molar-refractivity contribution in [3.8, 4) is 0 Å². The van der Waals surface area contributed by atoms with Gasteiger partial charge in [-0.15, -0.1) is 11.3 Å². The molecule has 1 aromatic rings. The Labute approximate surface area is 116 Å². The topological polar surface area (TPSA) is 56.7 Å². The number of aromatic nitrogens is 1. The van der Waals surface area contributed by atoms with Gasteiger partial charge in [0.25, 0.3) is 0 Å². The summed E-state index contributed by atoms with van der Waals surface area (Å²) in [6.45, 7) is 4.18. The molecule has 0 bridgehead atoms. The molecule has 1 N–H and O–H groups in total. The van der Waals surface area contributed by atoms with Gasteiger partial charge >= 0.3 is 5.97 Å². The van der Waals surface area contributed by atoms with Gasteiger partial charge in [-0.05, 0) is 32.9 Å². The fourth-order valence-corrected chi connectivity index (χ4v) is 4.02. The van der Waals surface area contributed by atoms with Crippen LogP contribution in [0, 0.1) is 0 Å². The molecular formula is C13H19N3O2S. The summed E-state index contributed by atoms with van der Waals surface area (Å²) in [6, 6.07) is 0. The first-order chi connectivity index (χ1) is 9.15. The highest BCUT2D eigenvalue weighted by atomic mass is 32.1. The van der Waals surface area contributed by atoms with Gasteiger partial charge in [0.15, 0.2) is 5.13 Å². The molecule has 19 heavy (non-hydrogen) atoms. The molecule has 1 aromatic heterocycles. The highest BCUT2D eigenvalue weighted by molar-refractivity contribution is 7.15. The van der Waals surface area contributed by atoms with Crippen molar-refractivity contribution < 1.29 is 9.90 Å². The fraction of sp³-hybridized carbons (Fsp3) is 0.692. The molecule has 1 unspecified atom stereocenters. The van der Waals surface area contributed by atoms with Crippen LogP contribution < -0.4 is 4.90 Å². The van der Waals surface area contributed by atoms with Crippen LogP contribution in [0.25, 0.3) is 0 Å². The van der Waals surface area contributed by atoms with Crippen molar-refractivity contribution in [2.75, 3.05) is 38.1 Å². The van der Waals surface area contributed by atoms with Crippen LogP contribution in [0.3, 0.4) is 0 Å². The molecule has 1 saturated heterocycles. The van der Waals surface area contributed by atoms with Gasteiger partial charge in [0.1, 0.15) is 5.92 Å². The van der Waals surface area contributed by atoms with E-state index in [-0.39, 0.29) is 5.92 Å². The Balaban J connectivity index is 1.80. The zero-order chi connectivity index (χ0) is 13.4. The predicted octanol–water partition coefficient (Wildman–Crippen LogP) is 1.40. The number of likely N-dealkylation sites (N-methyl/N-ethyl adjacent to an activating group) is 1.